The van der Waals surface area contributed by atoms with Gasteiger partial charge in [-0.25, -0.2) is 0 Å². The van der Waals surface area contributed by atoms with Crippen molar-refractivity contribution in [2.45, 2.75) is 44.6 Å². The Hall–Kier alpha value is -1.31. The third kappa shape index (κ3) is 3.84. The van der Waals surface area contributed by atoms with Crippen molar-refractivity contribution in [2.75, 3.05) is 14.1 Å². The van der Waals surface area contributed by atoms with Gasteiger partial charge < -0.3 is 4.90 Å². The van der Waals surface area contributed by atoms with Gasteiger partial charge in [-0.2, -0.15) is 0 Å². The molecule has 1 fully saturated rings. The Labute approximate surface area is 151 Å². The second kappa shape index (κ2) is 7.72. The highest BCUT2D eigenvalue weighted by Crippen LogP contribution is 2.50. The molecule has 2 aromatic rings. The second-order valence-corrected chi connectivity index (χ2v) is 7.94. The predicted molar refractivity (Wildman–Crippen MR) is 104 cm³/mol. The monoisotopic (exact) mass is 341 g/mol. The van der Waals surface area contributed by atoms with Gasteiger partial charge in [0, 0.05) is 11.1 Å². The Morgan fingerprint density at radius 1 is 0.917 bits per heavy atom. The fraction of sp³-hybridized carbons (Fsp3) is 0.455. The molecule has 0 aliphatic heterocycles. The Kier molecular flexibility index (Phi) is 5.63. The van der Waals surface area contributed by atoms with Gasteiger partial charge >= 0.3 is 0 Å². The summed E-state index contributed by atoms with van der Waals surface area (Å²) >= 11 is 6.13. The second-order valence-electron chi connectivity index (χ2n) is 7.50. The van der Waals surface area contributed by atoms with Crippen LogP contribution in [0, 0.1) is 5.41 Å². The van der Waals surface area contributed by atoms with E-state index in [9.17, 15) is 0 Å². The molecule has 0 saturated heterocycles. The van der Waals surface area contributed by atoms with Crippen LogP contribution in [-0.2, 0) is 6.42 Å². The maximum Gasteiger partial charge on any atom is 0.0406 e. The molecule has 0 heterocycles. The van der Waals surface area contributed by atoms with Crippen LogP contribution in [0.1, 0.15) is 49.3 Å². The quantitative estimate of drug-likeness (QED) is 0.631. The third-order valence-corrected chi connectivity index (χ3v) is 5.78. The van der Waals surface area contributed by atoms with Crippen molar-refractivity contribution in [1.82, 2.24) is 4.90 Å². The Morgan fingerprint density at radius 3 is 2.12 bits per heavy atom. The molecule has 3 rings (SSSR count). The normalized spacial score (nSPS) is 18.5. The molecule has 0 aromatic heterocycles. The van der Waals surface area contributed by atoms with Gasteiger partial charge in [-0.3, -0.25) is 0 Å². The lowest BCUT2D eigenvalue weighted by Gasteiger charge is -2.47. The van der Waals surface area contributed by atoms with E-state index in [1.165, 1.54) is 43.2 Å². The largest absolute Gasteiger partial charge is 0.302 e. The number of nitrogens with zero attached hydrogens (tertiary/aromatic N) is 1. The summed E-state index contributed by atoms with van der Waals surface area (Å²) in [5, 5.41) is 0.817. The Bertz CT molecular complexity index is 627. The summed E-state index contributed by atoms with van der Waals surface area (Å²) in [4.78, 5) is 2.41. The van der Waals surface area contributed by atoms with Crippen LogP contribution < -0.4 is 0 Å². The van der Waals surface area contributed by atoms with E-state index in [2.05, 4.69) is 61.5 Å². The van der Waals surface area contributed by atoms with Gasteiger partial charge in [-0.1, -0.05) is 73.3 Å². The van der Waals surface area contributed by atoms with Crippen LogP contribution in [0.25, 0.3) is 0 Å². The zero-order valence-electron chi connectivity index (χ0n) is 14.8. The summed E-state index contributed by atoms with van der Waals surface area (Å²) in [7, 11) is 4.45. The van der Waals surface area contributed by atoms with E-state index in [1.54, 1.807) is 0 Å². The van der Waals surface area contributed by atoms with Crippen molar-refractivity contribution in [1.29, 1.82) is 0 Å². The SMILES string of the molecule is CN(C)C(c1ccc(Cl)cc1)C1(Cc2ccccc2)CCCCC1. The van der Waals surface area contributed by atoms with Gasteiger partial charge in [-0.05, 0) is 62.0 Å². The summed E-state index contributed by atoms with van der Waals surface area (Å²) in [5.74, 6) is 0. The minimum Gasteiger partial charge on any atom is -0.302 e. The molecule has 1 nitrogen and oxygen atoms in total. The van der Waals surface area contributed by atoms with E-state index in [-0.39, 0.29) is 0 Å². The highest BCUT2D eigenvalue weighted by atomic mass is 35.5. The van der Waals surface area contributed by atoms with Crippen molar-refractivity contribution in [2.24, 2.45) is 5.41 Å². The lowest BCUT2D eigenvalue weighted by atomic mass is 9.64. The van der Waals surface area contributed by atoms with Gasteiger partial charge in [0.2, 0.25) is 0 Å². The number of hydrogen-bond acceptors (Lipinski definition) is 1. The maximum atomic E-state index is 6.13. The van der Waals surface area contributed by atoms with Crippen LogP contribution >= 0.6 is 11.6 Å². The topological polar surface area (TPSA) is 3.24 Å². The summed E-state index contributed by atoms with van der Waals surface area (Å²) < 4.78 is 0. The zero-order chi connectivity index (χ0) is 17.0. The molecule has 1 atom stereocenters. The molecule has 2 heteroatoms. The number of halogens is 1. The molecule has 1 aliphatic carbocycles. The third-order valence-electron chi connectivity index (χ3n) is 5.53. The summed E-state index contributed by atoms with van der Waals surface area (Å²) in [6.45, 7) is 0. The van der Waals surface area contributed by atoms with Gasteiger partial charge in [0.05, 0.1) is 0 Å². The molecule has 2 aromatic carbocycles. The summed E-state index contributed by atoms with van der Waals surface area (Å²) in [6.07, 6.45) is 7.80. The first-order valence-electron chi connectivity index (χ1n) is 9.07. The van der Waals surface area contributed by atoms with Gasteiger partial charge in [0.25, 0.3) is 0 Å². The standard InChI is InChI=1S/C22H28ClN/c1-24(2)21(19-11-13-20(23)14-12-19)22(15-7-4-8-16-22)17-18-9-5-3-6-10-18/h3,5-6,9-14,21H,4,7-8,15-17H2,1-2H3. The van der Waals surface area contributed by atoms with Crippen molar-refractivity contribution in [3.8, 4) is 0 Å². The van der Waals surface area contributed by atoms with Crippen molar-refractivity contribution < 1.29 is 0 Å². The molecule has 0 radical (unpaired) electrons. The minimum atomic E-state index is 0.303. The molecule has 1 aliphatic rings. The number of benzene rings is 2. The van der Waals surface area contributed by atoms with Crippen molar-refractivity contribution in [3.05, 3.63) is 70.7 Å². The van der Waals surface area contributed by atoms with E-state index in [0.717, 1.165) is 11.4 Å². The summed E-state index contributed by atoms with van der Waals surface area (Å²) in [5.41, 5.74) is 3.15. The molecule has 1 unspecified atom stereocenters. The average Bonchev–Trinajstić information content (AvgIpc) is 2.58. The molecular formula is C22H28ClN. The smallest absolute Gasteiger partial charge is 0.0406 e. The number of hydrogen-bond donors (Lipinski definition) is 0. The van der Waals surface area contributed by atoms with Gasteiger partial charge in [0.15, 0.2) is 0 Å². The van der Waals surface area contributed by atoms with Gasteiger partial charge in [-0.15, -0.1) is 0 Å². The highest BCUT2D eigenvalue weighted by Gasteiger charge is 2.41. The average molecular weight is 342 g/mol. The van der Waals surface area contributed by atoms with Crippen molar-refractivity contribution >= 4 is 11.6 Å². The predicted octanol–water partition coefficient (Wildman–Crippen LogP) is 6.14. The first kappa shape index (κ1) is 17.5. The first-order chi connectivity index (χ1) is 11.6. The molecular weight excluding hydrogens is 314 g/mol. The molecule has 0 amide bonds. The summed E-state index contributed by atoms with van der Waals surface area (Å²) in [6, 6.07) is 19.9. The van der Waals surface area contributed by atoms with Crippen LogP contribution in [0.5, 0.6) is 0 Å². The highest BCUT2D eigenvalue weighted by molar-refractivity contribution is 6.30. The van der Waals surface area contributed by atoms with Gasteiger partial charge in [0.1, 0.15) is 0 Å². The number of rotatable bonds is 5. The van der Waals surface area contributed by atoms with E-state index in [0.29, 0.717) is 11.5 Å². The van der Waals surface area contributed by atoms with Crippen LogP contribution in [0.15, 0.2) is 54.6 Å². The van der Waals surface area contributed by atoms with Crippen molar-refractivity contribution in [3.63, 3.8) is 0 Å². The van der Waals surface area contributed by atoms with Crippen LogP contribution in [0.4, 0.5) is 0 Å². The first-order valence-corrected chi connectivity index (χ1v) is 9.44. The van der Waals surface area contributed by atoms with E-state index in [1.807, 2.05) is 12.1 Å². The minimum absolute atomic E-state index is 0.303. The molecule has 0 bridgehead atoms. The zero-order valence-corrected chi connectivity index (χ0v) is 15.6. The van der Waals surface area contributed by atoms with Crippen LogP contribution in [0.2, 0.25) is 5.02 Å². The van der Waals surface area contributed by atoms with E-state index >= 15 is 0 Å². The molecule has 0 spiro atoms. The molecule has 0 N–H and O–H groups in total. The van der Waals surface area contributed by atoms with Crippen LogP contribution in [0.3, 0.4) is 0 Å². The lowest BCUT2D eigenvalue weighted by Crippen LogP contribution is -2.41. The Morgan fingerprint density at radius 2 is 1.54 bits per heavy atom. The fourth-order valence-corrected chi connectivity index (χ4v) is 4.78. The maximum absolute atomic E-state index is 6.13. The van der Waals surface area contributed by atoms with Crippen LogP contribution in [-0.4, -0.2) is 19.0 Å². The van der Waals surface area contributed by atoms with E-state index < -0.39 is 0 Å². The molecule has 24 heavy (non-hydrogen) atoms. The molecule has 1 saturated carbocycles. The fourth-order valence-electron chi connectivity index (χ4n) is 4.65. The van der Waals surface area contributed by atoms with E-state index in [4.69, 9.17) is 11.6 Å². The molecule has 128 valence electrons. The Balaban J connectivity index is 1.99. The lowest BCUT2D eigenvalue weighted by molar-refractivity contribution is 0.0574.